The maximum atomic E-state index is 12.2. The van der Waals surface area contributed by atoms with Gasteiger partial charge in [0.1, 0.15) is 0 Å². The molecule has 6 heteroatoms. The van der Waals surface area contributed by atoms with Crippen molar-refractivity contribution in [1.82, 2.24) is 0 Å². The minimum atomic E-state index is -3.48. The predicted molar refractivity (Wildman–Crippen MR) is 74.3 cm³/mol. The van der Waals surface area contributed by atoms with E-state index in [1.807, 2.05) is 0 Å². The van der Waals surface area contributed by atoms with E-state index >= 15 is 0 Å². The Balaban J connectivity index is 0.00000162. The van der Waals surface area contributed by atoms with Crippen LogP contribution in [0.1, 0.15) is 0 Å². The number of nitrogens with two attached hydrogens (primary N) is 2. The van der Waals surface area contributed by atoms with Crippen LogP contribution in [-0.2, 0) is 9.84 Å². The van der Waals surface area contributed by atoms with Gasteiger partial charge in [0, 0.05) is 11.4 Å². The van der Waals surface area contributed by atoms with Gasteiger partial charge in [0.2, 0.25) is 9.84 Å². The first-order valence-electron chi connectivity index (χ1n) is 4.96. The van der Waals surface area contributed by atoms with Crippen LogP contribution in [-0.4, -0.2) is 38.0 Å². The van der Waals surface area contributed by atoms with Crippen LogP contribution in [0.5, 0.6) is 0 Å². The van der Waals surface area contributed by atoms with Crippen molar-refractivity contribution in [3.8, 4) is 0 Å². The monoisotopic (exact) mass is 272 g/mol. The summed E-state index contributed by atoms with van der Waals surface area (Å²) in [6.45, 7) is 0. The molecule has 4 nitrogen and oxygen atoms in total. The Morgan fingerprint density at radius 2 is 0.944 bits per heavy atom. The SMILES string of the molecule is Nc1ccc(S(=O)(=O)c2ccc(N)cc2)cc1.[NaH]. The Hall–Kier alpha value is -1.01. The number of hydrogen-bond donors (Lipinski definition) is 2. The number of benzene rings is 2. The average Bonchev–Trinajstić information content (AvgIpc) is 2.30. The van der Waals surface area contributed by atoms with E-state index in [2.05, 4.69) is 0 Å². The molecule has 0 aliphatic rings. The fourth-order valence-corrected chi connectivity index (χ4v) is 2.69. The second-order valence-electron chi connectivity index (χ2n) is 3.64. The molecule has 0 heterocycles. The molecule has 0 radical (unpaired) electrons. The molecule has 0 saturated carbocycles. The van der Waals surface area contributed by atoms with Crippen molar-refractivity contribution in [3.63, 3.8) is 0 Å². The fourth-order valence-electron chi connectivity index (χ4n) is 1.43. The van der Waals surface area contributed by atoms with E-state index < -0.39 is 9.84 Å². The third kappa shape index (κ3) is 3.05. The summed E-state index contributed by atoms with van der Waals surface area (Å²) in [5, 5.41) is 0. The molecule has 0 unspecified atom stereocenters. The molecule has 90 valence electrons. The predicted octanol–water partition coefficient (Wildman–Crippen LogP) is 1.04. The van der Waals surface area contributed by atoms with Crippen LogP contribution in [0.25, 0.3) is 0 Å². The van der Waals surface area contributed by atoms with E-state index in [0.717, 1.165) is 0 Å². The summed E-state index contributed by atoms with van der Waals surface area (Å²) in [6, 6.07) is 12.2. The molecule has 0 aromatic heterocycles. The zero-order valence-corrected chi connectivity index (χ0v) is 9.81. The summed E-state index contributed by atoms with van der Waals surface area (Å²) in [4.78, 5) is 0.438. The molecule has 0 fully saturated rings. The normalized spacial score (nSPS) is 10.7. The van der Waals surface area contributed by atoms with Gasteiger partial charge in [-0.25, -0.2) is 8.42 Å². The zero-order chi connectivity index (χ0) is 12.5. The fraction of sp³-hybridized carbons (Fsp3) is 0. The number of rotatable bonds is 2. The third-order valence-electron chi connectivity index (χ3n) is 2.38. The standard InChI is InChI=1S/C12H12N2O2S.Na.H/c13-9-1-5-11(6-2-9)17(15,16)12-7-3-10(14)4-8-12;;/h1-8H,13-14H2;;. The molecule has 18 heavy (non-hydrogen) atoms. The first kappa shape index (κ1) is 15.0. The van der Waals surface area contributed by atoms with Crippen molar-refractivity contribution in [2.75, 3.05) is 11.5 Å². The first-order valence-corrected chi connectivity index (χ1v) is 6.44. The molecule has 2 rings (SSSR count). The van der Waals surface area contributed by atoms with Gasteiger partial charge in [-0.15, -0.1) is 0 Å². The van der Waals surface area contributed by atoms with E-state index in [1.54, 1.807) is 24.3 Å². The van der Waals surface area contributed by atoms with Gasteiger partial charge in [-0.05, 0) is 48.5 Å². The molecule has 0 saturated heterocycles. The molecule has 4 N–H and O–H groups in total. The number of nitrogen functional groups attached to an aromatic ring is 2. The van der Waals surface area contributed by atoms with Crippen LogP contribution in [0.4, 0.5) is 11.4 Å². The average molecular weight is 272 g/mol. The molecule has 0 amide bonds. The molecule has 0 atom stereocenters. The topological polar surface area (TPSA) is 86.2 Å². The molecular weight excluding hydrogens is 259 g/mol. The van der Waals surface area contributed by atoms with Gasteiger partial charge in [-0.1, -0.05) is 0 Å². The molecule has 0 bridgehead atoms. The summed E-state index contributed by atoms with van der Waals surface area (Å²) in [5.74, 6) is 0. The molecule has 0 aliphatic carbocycles. The minimum absolute atomic E-state index is 0. The summed E-state index contributed by atoms with van der Waals surface area (Å²) >= 11 is 0. The molecule has 2 aromatic rings. The summed E-state index contributed by atoms with van der Waals surface area (Å²) < 4.78 is 24.3. The van der Waals surface area contributed by atoms with Gasteiger partial charge >= 0.3 is 29.6 Å². The van der Waals surface area contributed by atoms with E-state index in [-0.39, 0.29) is 39.3 Å². The number of hydrogen-bond acceptors (Lipinski definition) is 4. The molecular formula is C12H13N2NaO2S. The number of sulfone groups is 1. The first-order chi connectivity index (χ1) is 8.00. The van der Waals surface area contributed by atoms with Gasteiger partial charge < -0.3 is 11.5 Å². The Morgan fingerprint density at radius 1 is 0.667 bits per heavy atom. The van der Waals surface area contributed by atoms with Gasteiger partial charge in [0.05, 0.1) is 9.79 Å². The Labute approximate surface area is 128 Å². The van der Waals surface area contributed by atoms with Crippen LogP contribution in [0, 0.1) is 0 Å². The molecule has 0 aliphatic heterocycles. The van der Waals surface area contributed by atoms with Gasteiger partial charge in [0.25, 0.3) is 0 Å². The Kier molecular flexibility index (Phi) is 4.81. The van der Waals surface area contributed by atoms with Gasteiger partial charge in [-0.3, -0.25) is 0 Å². The maximum absolute atomic E-state index is 12.2. The van der Waals surface area contributed by atoms with Crippen LogP contribution in [0.2, 0.25) is 0 Å². The second-order valence-corrected chi connectivity index (χ2v) is 5.59. The van der Waals surface area contributed by atoms with Crippen LogP contribution in [0.15, 0.2) is 58.3 Å². The van der Waals surface area contributed by atoms with Crippen molar-refractivity contribution < 1.29 is 8.42 Å². The second kappa shape index (κ2) is 5.75. The van der Waals surface area contributed by atoms with Crippen LogP contribution >= 0.6 is 0 Å². The zero-order valence-electron chi connectivity index (χ0n) is 9.00. The van der Waals surface area contributed by atoms with Crippen molar-refractivity contribution in [3.05, 3.63) is 48.5 Å². The van der Waals surface area contributed by atoms with Crippen molar-refractivity contribution in [1.29, 1.82) is 0 Å². The summed E-state index contributed by atoms with van der Waals surface area (Å²) in [5.41, 5.74) is 12.1. The van der Waals surface area contributed by atoms with Gasteiger partial charge in [-0.2, -0.15) is 0 Å². The van der Waals surface area contributed by atoms with Crippen LogP contribution < -0.4 is 11.5 Å². The summed E-state index contributed by atoms with van der Waals surface area (Å²) in [6.07, 6.45) is 0. The number of anilines is 2. The van der Waals surface area contributed by atoms with Crippen molar-refractivity contribution >= 4 is 50.8 Å². The van der Waals surface area contributed by atoms with Crippen molar-refractivity contribution in [2.45, 2.75) is 9.79 Å². The molecule has 0 spiro atoms. The van der Waals surface area contributed by atoms with E-state index in [4.69, 9.17) is 11.5 Å². The van der Waals surface area contributed by atoms with Crippen LogP contribution in [0.3, 0.4) is 0 Å². The quantitative estimate of drug-likeness (QED) is 0.631. The van der Waals surface area contributed by atoms with E-state index in [9.17, 15) is 8.42 Å². The Morgan fingerprint density at radius 3 is 1.22 bits per heavy atom. The summed E-state index contributed by atoms with van der Waals surface area (Å²) in [7, 11) is -3.48. The van der Waals surface area contributed by atoms with Crippen molar-refractivity contribution in [2.24, 2.45) is 0 Å². The van der Waals surface area contributed by atoms with E-state index in [0.29, 0.717) is 11.4 Å². The van der Waals surface area contributed by atoms with Gasteiger partial charge in [0.15, 0.2) is 0 Å². The third-order valence-corrected chi connectivity index (χ3v) is 4.17. The van der Waals surface area contributed by atoms with E-state index in [1.165, 1.54) is 24.3 Å². The molecule has 2 aromatic carbocycles. The Bertz CT molecular complexity index is 571.